The zero-order chi connectivity index (χ0) is 17.3. The monoisotopic (exact) mass is 329 g/mol. The largest absolute Gasteiger partial charge is 0.480 e. The molecule has 1 amide bonds. The van der Waals surface area contributed by atoms with Crippen LogP contribution in [0.5, 0.6) is 0 Å². The SMILES string of the molecule is NC(CO)C(=O)N1CC2(CCCB(O)O)CCNC2(C(=O)O)C1. The van der Waals surface area contributed by atoms with E-state index in [2.05, 4.69) is 5.32 Å². The van der Waals surface area contributed by atoms with Gasteiger partial charge >= 0.3 is 13.1 Å². The zero-order valence-electron chi connectivity index (χ0n) is 12.9. The minimum atomic E-state index is -1.43. The van der Waals surface area contributed by atoms with E-state index in [1.165, 1.54) is 4.90 Å². The smallest absolute Gasteiger partial charge is 0.451 e. The lowest BCUT2D eigenvalue weighted by Crippen LogP contribution is -2.58. The molecule has 2 heterocycles. The third kappa shape index (κ3) is 3.09. The topological polar surface area (TPSA) is 156 Å². The van der Waals surface area contributed by atoms with Crippen LogP contribution in [0.3, 0.4) is 0 Å². The van der Waals surface area contributed by atoms with E-state index in [-0.39, 0.29) is 19.4 Å². The van der Waals surface area contributed by atoms with E-state index in [0.29, 0.717) is 25.8 Å². The number of carbonyl (C=O) groups is 2. The number of rotatable bonds is 7. The number of fused-ring (bicyclic) bond motifs is 1. The predicted molar refractivity (Wildman–Crippen MR) is 81.3 cm³/mol. The number of hydrogen-bond acceptors (Lipinski definition) is 7. The molecule has 2 aliphatic heterocycles. The molecule has 0 saturated carbocycles. The summed E-state index contributed by atoms with van der Waals surface area (Å²) in [5.41, 5.74) is 3.65. The van der Waals surface area contributed by atoms with Crippen LogP contribution in [0.15, 0.2) is 0 Å². The van der Waals surface area contributed by atoms with Crippen molar-refractivity contribution in [1.82, 2.24) is 10.2 Å². The van der Waals surface area contributed by atoms with Crippen LogP contribution in [0, 0.1) is 5.41 Å². The maximum atomic E-state index is 12.2. The second-order valence-electron chi connectivity index (χ2n) is 6.52. The molecule has 0 radical (unpaired) electrons. The van der Waals surface area contributed by atoms with Gasteiger partial charge in [0.05, 0.1) is 13.2 Å². The van der Waals surface area contributed by atoms with Gasteiger partial charge in [-0.1, -0.05) is 6.42 Å². The Bertz CT molecular complexity index is 479. The molecule has 2 fully saturated rings. The van der Waals surface area contributed by atoms with Crippen LogP contribution in [0.1, 0.15) is 19.3 Å². The Morgan fingerprint density at radius 3 is 2.61 bits per heavy atom. The minimum absolute atomic E-state index is 0.00343. The molecule has 23 heavy (non-hydrogen) atoms. The molecular formula is C13H24BN3O6. The number of carboxylic acid groups (broad SMARTS) is 1. The van der Waals surface area contributed by atoms with Crippen molar-refractivity contribution in [2.75, 3.05) is 26.2 Å². The van der Waals surface area contributed by atoms with Crippen molar-refractivity contribution in [3.8, 4) is 0 Å². The summed E-state index contributed by atoms with van der Waals surface area (Å²) in [4.78, 5) is 25.6. The number of amides is 1. The standard InChI is InChI=1S/C13H24BN3O6/c15-9(6-18)10(19)17-7-12(2-1-4-14(22)23)3-5-16-13(12,8-17)11(20)21/h9,16,18,22-23H,1-8,15H2,(H,20,21). The number of aliphatic hydroxyl groups is 1. The Hall–Kier alpha value is -1.20. The number of nitrogens with two attached hydrogens (primary N) is 1. The number of carboxylic acids is 1. The number of hydrogen-bond donors (Lipinski definition) is 6. The highest BCUT2D eigenvalue weighted by atomic mass is 16.4. The third-order valence-electron chi connectivity index (χ3n) is 5.17. The maximum Gasteiger partial charge on any atom is 0.451 e. The Labute approximate surface area is 134 Å². The summed E-state index contributed by atoms with van der Waals surface area (Å²) in [6, 6.07) is -1.06. The lowest BCUT2D eigenvalue weighted by molar-refractivity contribution is -0.147. The second-order valence-corrected chi connectivity index (χ2v) is 6.52. The van der Waals surface area contributed by atoms with Crippen LogP contribution >= 0.6 is 0 Å². The van der Waals surface area contributed by atoms with E-state index in [4.69, 9.17) is 20.9 Å². The maximum absolute atomic E-state index is 12.2. The summed E-state index contributed by atoms with van der Waals surface area (Å²) in [5, 5.41) is 39.8. The van der Waals surface area contributed by atoms with Crippen molar-refractivity contribution in [2.45, 2.75) is 37.2 Å². The van der Waals surface area contributed by atoms with E-state index in [1.54, 1.807) is 0 Å². The molecule has 10 heteroatoms. The summed E-state index contributed by atoms with van der Waals surface area (Å²) >= 11 is 0. The summed E-state index contributed by atoms with van der Waals surface area (Å²) < 4.78 is 0. The quantitative estimate of drug-likeness (QED) is 0.274. The van der Waals surface area contributed by atoms with Crippen molar-refractivity contribution in [2.24, 2.45) is 11.1 Å². The van der Waals surface area contributed by atoms with E-state index < -0.39 is 42.6 Å². The molecule has 0 aliphatic carbocycles. The lowest BCUT2D eigenvalue weighted by atomic mass is 9.68. The van der Waals surface area contributed by atoms with Crippen molar-refractivity contribution < 1.29 is 29.9 Å². The summed E-state index contributed by atoms with van der Waals surface area (Å²) in [7, 11) is -1.43. The molecule has 0 spiro atoms. The fraction of sp³-hybridized carbons (Fsp3) is 0.846. The van der Waals surface area contributed by atoms with Gasteiger partial charge in [0, 0.05) is 12.0 Å². The average Bonchev–Trinajstić information content (AvgIpc) is 2.98. The first-order valence-electron chi connectivity index (χ1n) is 7.78. The van der Waals surface area contributed by atoms with Crippen LogP contribution < -0.4 is 11.1 Å². The van der Waals surface area contributed by atoms with Gasteiger partial charge in [0.15, 0.2) is 0 Å². The molecule has 0 aromatic heterocycles. The molecule has 9 nitrogen and oxygen atoms in total. The molecule has 130 valence electrons. The Balaban J connectivity index is 2.22. The highest BCUT2D eigenvalue weighted by Gasteiger charge is 2.65. The average molecular weight is 329 g/mol. The number of likely N-dealkylation sites (tertiary alicyclic amines) is 1. The van der Waals surface area contributed by atoms with Crippen molar-refractivity contribution in [3.05, 3.63) is 0 Å². The van der Waals surface area contributed by atoms with Crippen molar-refractivity contribution in [3.63, 3.8) is 0 Å². The van der Waals surface area contributed by atoms with Crippen LogP contribution in [0.25, 0.3) is 0 Å². The minimum Gasteiger partial charge on any atom is -0.480 e. The van der Waals surface area contributed by atoms with E-state index in [9.17, 15) is 14.7 Å². The van der Waals surface area contributed by atoms with Gasteiger partial charge < -0.3 is 30.9 Å². The Morgan fingerprint density at radius 2 is 2.04 bits per heavy atom. The fourth-order valence-corrected chi connectivity index (χ4v) is 3.94. The van der Waals surface area contributed by atoms with Crippen LogP contribution in [-0.4, -0.2) is 82.0 Å². The molecule has 0 aromatic carbocycles. The number of aliphatic hydroxyl groups excluding tert-OH is 1. The van der Waals surface area contributed by atoms with Gasteiger partial charge in [0.2, 0.25) is 5.91 Å². The number of aliphatic carboxylic acids is 1. The number of nitrogens with zero attached hydrogens (tertiary/aromatic N) is 1. The van der Waals surface area contributed by atoms with Gasteiger partial charge in [0.25, 0.3) is 0 Å². The lowest BCUT2D eigenvalue weighted by Gasteiger charge is -2.35. The first-order chi connectivity index (χ1) is 10.8. The zero-order valence-corrected chi connectivity index (χ0v) is 12.9. The molecule has 2 aliphatic rings. The van der Waals surface area contributed by atoms with Gasteiger partial charge in [-0.2, -0.15) is 0 Å². The molecule has 0 bridgehead atoms. The first-order valence-corrected chi connectivity index (χ1v) is 7.78. The van der Waals surface area contributed by atoms with Gasteiger partial charge in [0.1, 0.15) is 11.6 Å². The van der Waals surface area contributed by atoms with Crippen molar-refractivity contribution in [1.29, 1.82) is 0 Å². The normalized spacial score (nSPS) is 31.0. The van der Waals surface area contributed by atoms with Gasteiger partial charge in [-0.15, -0.1) is 0 Å². The van der Waals surface area contributed by atoms with Gasteiger partial charge in [-0.3, -0.25) is 14.9 Å². The van der Waals surface area contributed by atoms with E-state index in [1.807, 2.05) is 0 Å². The summed E-state index contributed by atoms with van der Waals surface area (Å²) in [5.74, 6) is -1.49. The third-order valence-corrected chi connectivity index (χ3v) is 5.17. The molecule has 0 aromatic rings. The summed E-state index contributed by atoms with van der Waals surface area (Å²) in [6.07, 6.45) is 1.64. The second kappa shape index (κ2) is 6.74. The fourth-order valence-electron chi connectivity index (χ4n) is 3.94. The molecule has 7 N–H and O–H groups in total. The molecule has 2 saturated heterocycles. The van der Waals surface area contributed by atoms with Crippen LogP contribution in [0.2, 0.25) is 6.32 Å². The summed E-state index contributed by atoms with van der Waals surface area (Å²) in [6.45, 7) is 0.269. The molecule has 3 unspecified atom stereocenters. The van der Waals surface area contributed by atoms with E-state index >= 15 is 0 Å². The van der Waals surface area contributed by atoms with Crippen molar-refractivity contribution >= 4 is 19.0 Å². The molecule has 2 rings (SSSR count). The van der Waals surface area contributed by atoms with Crippen LogP contribution in [-0.2, 0) is 9.59 Å². The number of carbonyl (C=O) groups excluding carboxylic acids is 1. The predicted octanol–water partition coefficient (Wildman–Crippen LogP) is -2.80. The highest BCUT2D eigenvalue weighted by Crippen LogP contribution is 2.49. The highest BCUT2D eigenvalue weighted by molar-refractivity contribution is 6.40. The Kier molecular flexibility index (Phi) is 5.32. The van der Waals surface area contributed by atoms with Crippen LogP contribution in [0.4, 0.5) is 0 Å². The first kappa shape index (κ1) is 18.1. The Morgan fingerprint density at radius 1 is 1.35 bits per heavy atom. The number of nitrogens with one attached hydrogen (secondary N) is 1. The van der Waals surface area contributed by atoms with Gasteiger partial charge in [-0.05, 0) is 25.7 Å². The molecular weight excluding hydrogens is 305 g/mol. The molecule has 3 atom stereocenters. The van der Waals surface area contributed by atoms with Gasteiger partial charge in [-0.25, -0.2) is 0 Å². The van der Waals surface area contributed by atoms with E-state index in [0.717, 1.165) is 0 Å².